The Morgan fingerprint density at radius 1 is 1.07 bits per heavy atom. The number of ether oxygens (including phenoxy) is 2. The molecule has 0 saturated heterocycles. The topological polar surface area (TPSA) is 76.7 Å². The number of hydrazine groups is 1. The van der Waals surface area contributed by atoms with Crippen molar-refractivity contribution in [1.82, 2.24) is 10.9 Å². The van der Waals surface area contributed by atoms with Crippen LogP contribution in [0.5, 0.6) is 11.5 Å². The van der Waals surface area contributed by atoms with Crippen molar-refractivity contribution in [2.75, 3.05) is 6.61 Å². The van der Waals surface area contributed by atoms with Gasteiger partial charge >= 0.3 is 6.61 Å². The molecule has 2 rings (SSSR count). The summed E-state index contributed by atoms with van der Waals surface area (Å²) in [4.78, 5) is 23.4. The van der Waals surface area contributed by atoms with Crippen molar-refractivity contribution in [3.8, 4) is 11.5 Å². The van der Waals surface area contributed by atoms with Gasteiger partial charge in [0.15, 0.2) is 6.61 Å². The smallest absolute Gasteiger partial charge is 0.387 e. The molecule has 0 aliphatic rings. The molecule has 0 aliphatic heterocycles. The number of carbonyl (C=O) groups is 2. The van der Waals surface area contributed by atoms with E-state index in [9.17, 15) is 18.4 Å². The molecule has 2 aromatic rings. The first-order valence-corrected chi connectivity index (χ1v) is 7.94. The minimum Gasteiger partial charge on any atom is -0.484 e. The Kier molecular flexibility index (Phi) is 7.30. The molecule has 0 unspecified atom stereocenters. The molecule has 0 atom stereocenters. The highest BCUT2D eigenvalue weighted by Gasteiger charge is 2.08. The third kappa shape index (κ3) is 7.15. The Labute approximate surface area is 154 Å². The minimum absolute atomic E-state index is 0.0629. The lowest BCUT2D eigenvalue weighted by Gasteiger charge is -2.08. The Morgan fingerprint density at radius 2 is 1.78 bits per heavy atom. The first-order chi connectivity index (χ1) is 12.9. The fourth-order valence-electron chi connectivity index (χ4n) is 1.98. The van der Waals surface area contributed by atoms with Gasteiger partial charge in [-0.15, -0.1) is 0 Å². The lowest BCUT2D eigenvalue weighted by atomic mass is 10.2. The molecule has 2 aromatic carbocycles. The Morgan fingerprint density at radius 3 is 2.48 bits per heavy atom. The van der Waals surface area contributed by atoms with E-state index in [1.165, 1.54) is 24.3 Å². The molecular formula is C19H18F2N2O4. The summed E-state index contributed by atoms with van der Waals surface area (Å²) >= 11 is 0. The first kappa shape index (κ1) is 19.9. The predicted molar refractivity (Wildman–Crippen MR) is 95.1 cm³/mol. The van der Waals surface area contributed by atoms with Crippen LogP contribution in [0.15, 0.2) is 54.6 Å². The van der Waals surface area contributed by atoms with E-state index in [0.717, 1.165) is 11.6 Å². The van der Waals surface area contributed by atoms with Gasteiger partial charge in [-0.1, -0.05) is 35.9 Å². The summed E-state index contributed by atoms with van der Waals surface area (Å²) in [5, 5.41) is 0. The molecule has 0 aliphatic carbocycles. The molecule has 142 valence electrons. The number of halogens is 2. The molecule has 6 nitrogen and oxygen atoms in total. The third-order valence-electron chi connectivity index (χ3n) is 3.27. The van der Waals surface area contributed by atoms with Crippen LogP contribution in [0.4, 0.5) is 8.78 Å². The summed E-state index contributed by atoms with van der Waals surface area (Å²) in [5.41, 5.74) is 5.70. The van der Waals surface area contributed by atoms with Crippen molar-refractivity contribution < 1.29 is 27.8 Å². The van der Waals surface area contributed by atoms with Gasteiger partial charge in [-0.3, -0.25) is 20.4 Å². The summed E-state index contributed by atoms with van der Waals surface area (Å²) in [6, 6.07) is 13.1. The van der Waals surface area contributed by atoms with Crippen LogP contribution in [0.25, 0.3) is 6.08 Å². The van der Waals surface area contributed by atoms with Gasteiger partial charge in [-0.2, -0.15) is 8.78 Å². The number of alkyl halides is 2. The van der Waals surface area contributed by atoms with Gasteiger partial charge in [0.2, 0.25) is 0 Å². The van der Waals surface area contributed by atoms with Crippen molar-refractivity contribution in [2.24, 2.45) is 0 Å². The van der Waals surface area contributed by atoms with E-state index in [-0.39, 0.29) is 12.4 Å². The summed E-state index contributed by atoms with van der Waals surface area (Å²) < 4.78 is 34.3. The second-order valence-corrected chi connectivity index (χ2v) is 5.39. The quantitative estimate of drug-likeness (QED) is 0.576. The van der Waals surface area contributed by atoms with Crippen molar-refractivity contribution >= 4 is 17.9 Å². The number of nitrogens with one attached hydrogen (secondary N) is 2. The number of aryl methyl sites for hydroxylation is 1. The Balaban J connectivity index is 1.79. The number of hydrogen-bond donors (Lipinski definition) is 2. The van der Waals surface area contributed by atoms with Crippen LogP contribution in [-0.4, -0.2) is 25.0 Å². The fraction of sp³-hybridized carbons (Fsp3) is 0.158. The maximum Gasteiger partial charge on any atom is 0.387 e. The Bertz CT molecular complexity index is 808. The predicted octanol–water partition coefficient (Wildman–Crippen LogP) is 2.84. The average molecular weight is 376 g/mol. The van der Waals surface area contributed by atoms with Crippen LogP contribution < -0.4 is 20.3 Å². The fourth-order valence-corrected chi connectivity index (χ4v) is 1.98. The Hall–Kier alpha value is -3.42. The van der Waals surface area contributed by atoms with Gasteiger partial charge in [0.1, 0.15) is 11.5 Å². The van der Waals surface area contributed by atoms with Gasteiger partial charge in [0.05, 0.1) is 0 Å². The van der Waals surface area contributed by atoms with E-state index in [4.69, 9.17) is 4.74 Å². The largest absolute Gasteiger partial charge is 0.484 e. The van der Waals surface area contributed by atoms with Crippen LogP contribution in [0.2, 0.25) is 0 Å². The molecule has 0 saturated carbocycles. The van der Waals surface area contributed by atoms with Crippen molar-refractivity contribution in [3.63, 3.8) is 0 Å². The lowest BCUT2D eigenvalue weighted by Crippen LogP contribution is -2.43. The second-order valence-electron chi connectivity index (χ2n) is 5.39. The third-order valence-corrected chi connectivity index (χ3v) is 3.27. The molecule has 0 aromatic heterocycles. The highest BCUT2D eigenvalue weighted by atomic mass is 19.3. The molecule has 2 N–H and O–H groups in total. The zero-order valence-electron chi connectivity index (χ0n) is 14.4. The zero-order valence-corrected chi connectivity index (χ0v) is 14.4. The molecule has 0 spiro atoms. The zero-order chi connectivity index (χ0) is 19.6. The van der Waals surface area contributed by atoms with E-state index in [1.54, 1.807) is 18.2 Å². The minimum atomic E-state index is -2.97. The van der Waals surface area contributed by atoms with Crippen LogP contribution in [-0.2, 0) is 9.59 Å². The van der Waals surface area contributed by atoms with Crippen molar-refractivity contribution in [1.29, 1.82) is 0 Å². The number of amides is 2. The van der Waals surface area contributed by atoms with E-state index >= 15 is 0 Å². The number of rotatable bonds is 7. The number of para-hydroxylation sites is 1. The molecule has 8 heteroatoms. The van der Waals surface area contributed by atoms with E-state index in [1.807, 2.05) is 19.1 Å². The van der Waals surface area contributed by atoms with Gasteiger partial charge in [-0.05, 0) is 31.2 Å². The average Bonchev–Trinajstić information content (AvgIpc) is 2.64. The van der Waals surface area contributed by atoms with E-state index in [2.05, 4.69) is 15.6 Å². The van der Waals surface area contributed by atoms with E-state index < -0.39 is 18.4 Å². The molecule has 0 heterocycles. The van der Waals surface area contributed by atoms with Gasteiger partial charge in [0.25, 0.3) is 11.8 Å². The summed E-state index contributed by atoms with van der Waals surface area (Å²) in [6.07, 6.45) is 2.37. The highest BCUT2D eigenvalue weighted by Crippen LogP contribution is 2.21. The van der Waals surface area contributed by atoms with E-state index in [0.29, 0.717) is 11.3 Å². The molecule has 2 amide bonds. The summed E-state index contributed by atoms with van der Waals surface area (Å²) in [5.74, 6) is -0.742. The summed E-state index contributed by atoms with van der Waals surface area (Å²) in [6.45, 7) is -1.32. The van der Waals surface area contributed by atoms with Gasteiger partial charge in [0, 0.05) is 11.6 Å². The highest BCUT2D eigenvalue weighted by molar-refractivity contribution is 5.93. The maximum absolute atomic E-state index is 12.3. The SMILES string of the molecule is Cc1ccc(OCC(=O)NNC(=O)/C=C/c2ccccc2OC(F)F)cc1. The van der Waals surface area contributed by atoms with Gasteiger partial charge in [-0.25, -0.2) is 0 Å². The van der Waals surface area contributed by atoms with Crippen LogP contribution >= 0.6 is 0 Å². The van der Waals surface area contributed by atoms with Crippen LogP contribution in [0.3, 0.4) is 0 Å². The number of hydrogen-bond acceptors (Lipinski definition) is 4. The number of carbonyl (C=O) groups excluding carboxylic acids is 2. The van der Waals surface area contributed by atoms with Crippen molar-refractivity contribution in [2.45, 2.75) is 13.5 Å². The molecule has 0 radical (unpaired) electrons. The maximum atomic E-state index is 12.3. The van der Waals surface area contributed by atoms with Gasteiger partial charge < -0.3 is 9.47 Å². The number of benzene rings is 2. The first-order valence-electron chi connectivity index (χ1n) is 7.94. The molecule has 0 bridgehead atoms. The standard InChI is InChI=1S/C19H18F2N2O4/c1-13-6-9-15(10-7-13)26-12-18(25)23-22-17(24)11-8-14-4-2-3-5-16(14)27-19(20)21/h2-11,19H,12H2,1H3,(H,22,24)(H,23,25)/b11-8+. The molecule has 0 fully saturated rings. The lowest BCUT2D eigenvalue weighted by molar-refractivity contribution is -0.128. The monoisotopic (exact) mass is 376 g/mol. The second kappa shape index (κ2) is 9.91. The normalized spacial score (nSPS) is 10.7. The van der Waals surface area contributed by atoms with Crippen LogP contribution in [0, 0.1) is 6.92 Å². The molecule has 27 heavy (non-hydrogen) atoms. The summed E-state index contributed by atoms with van der Waals surface area (Å²) in [7, 11) is 0. The molecular weight excluding hydrogens is 358 g/mol. The van der Waals surface area contributed by atoms with Crippen LogP contribution in [0.1, 0.15) is 11.1 Å². The van der Waals surface area contributed by atoms with Crippen molar-refractivity contribution in [3.05, 3.63) is 65.7 Å².